The van der Waals surface area contributed by atoms with Crippen molar-refractivity contribution >= 4 is 5.91 Å². The second-order valence-electron chi connectivity index (χ2n) is 6.60. The van der Waals surface area contributed by atoms with E-state index in [1.165, 1.54) is 12.8 Å². The van der Waals surface area contributed by atoms with Gasteiger partial charge in [0.15, 0.2) is 0 Å². The number of aliphatic hydroxyl groups excluding tert-OH is 1. The van der Waals surface area contributed by atoms with Gasteiger partial charge in [0.1, 0.15) is 0 Å². The molecule has 1 aliphatic carbocycles. The quantitative estimate of drug-likeness (QED) is 0.720. The average molecular weight is 256 g/mol. The maximum Gasteiger partial charge on any atom is 0.234 e. The first-order valence-electron chi connectivity index (χ1n) is 6.89. The predicted octanol–water partition coefficient (Wildman–Crippen LogP) is 1.24. The molecule has 0 radical (unpaired) electrons. The first kappa shape index (κ1) is 15.4. The van der Waals surface area contributed by atoms with E-state index in [0.717, 1.165) is 0 Å². The van der Waals surface area contributed by atoms with E-state index in [-0.39, 0.29) is 17.2 Å². The van der Waals surface area contributed by atoms with E-state index in [9.17, 15) is 9.90 Å². The number of carbonyl (C=O) groups excluding carboxylic acids is 1. The molecule has 0 spiro atoms. The van der Waals surface area contributed by atoms with E-state index >= 15 is 0 Å². The number of likely N-dealkylation sites (N-methyl/N-ethyl adjacent to an activating group) is 1. The van der Waals surface area contributed by atoms with Gasteiger partial charge in [0.05, 0.1) is 12.6 Å². The molecular formula is C14H28N2O2. The number of hydrogen-bond donors (Lipinski definition) is 2. The molecule has 0 bridgehead atoms. The minimum absolute atomic E-state index is 0.0495. The number of nitrogens with zero attached hydrogens (tertiary/aromatic N) is 1. The molecule has 0 aromatic rings. The standard InChI is InChI=1S/C14H28N2O2/c1-10(2)13(18)14(3,4)9-15-12(17)8-16(5)11-6-7-11/h10-11,13,18H,6-9H2,1-5H3,(H,15,17). The summed E-state index contributed by atoms with van der Waals surface area (Å²) in [4.78, 5) is 13.9. The number of carbonyl (C=O) groups is 1. The van der Waals surface area contributed by atoms with Crippen LogP contribution in [0.1, 0.15) is 40.5 Å². The minimum Gasteiger partial charge on any atom is -0.392 e. The summed E-state index contributed by atoms with van der Waals surface area (Å²) in [6.45, 7) is 8.94. The van der Waals surface area contributed by atoms with Gasteiger partial charge >= 0.3 is 0 Å². The molecule has 1 rings (SSSR count). The first-order chi connectivity index (χ1) is 8.24. The molecule has 1 aliphatic rings. The molecule has 1 fully saturated rings. The maximum atomic E-state index is 11.8. The van der Waals surface area contributed by atoms with Gasteiger partial charge in [0.2, 0.25) is 5.91 Å². The second kappa shape index (κ2) is 6.02. The van der Waals surface area contributed by atoms with Gasteiger partial charge in [-0.2, -0.15) is 0 Å². The number of amides is 1. The third kappa shape index (κ3) is 4.58. The largest absolute Gasteiger partial charge is 0.392 e. The lowest BCUT2D eigenvalue weighted by atomic mass is 9.81. The van der Waals surface area contributed by atoms with Crippen LogP contribution in [0.4, 0.5) is 0 Å². The Bertz CT molecular complexity index is 286. The Hall–Kier alpha value is -0.610. The number of nitrogens with one attached hydrogen (secondary N) is 1. The number of aliphatic hydroxyl groups is 1. The van der Waals surface area contributed by atoms with Crippen LogP contribution in [0.5, 0.6) is 0 Å². The Balaban J connectivity index is 2.31. The van der Waals surface area contributed by atoms with Gasteiger partial charge in [-0.3, -0.25) is 9.69 Å². The van der Waals surface area contributed by atoms with Crippen LogP contribution in [0.25, 0.3) is 0 Å². The Morgan fingerprint density at radius 2 is 2.00 bits per heavy atom. The van der Waals surface area contributed by atoms with Gasteiger partial charge in [0, 0.05) is 18.0 Å². The summed E-state index contributed by atoms with van der Waals surface area (Å²) in [6.07, 6.45) is 2.02. The topological polar surface area (TPSA) is 52.6 Å². The lowest BCUT2D eigenvalue weighted by molar-refractivity contribution is -0.123. The van der Waals surface area contributed by atoms with Crippen LogP contribution >= 0.6 is 0 Å². The summed E-state index contributed by atoms with van der Waals surface area (Å²) in [6, 6.07) is 0.602. The molecule has 4 nitrogen and oxygen atoms in total. The van der Waals surface area contributed by atoms with E-state index in [2.05, 4.69) is 10.2 Å². The highest BCUT2D eigenvalue weighted by molar-refractivity contribution is 5.78. The molecular weight excluding hydrogens is 228 g/mol. The summed E-state index contributed by atoms with van der Waals surface area (Å²) < 4.78 is 0. The van der Waals surface area contributed by atoms with Crippen molar-refractivity contribution in [3.63, 3.8) is 0 Å². The molecule has 0 aliphatic heterocycles. The Labute approximate surface area is 111 Å². The third-order valence-corrected chi connectivity index (χ3v) is 3.74. The zero-order chi connectivity index (χ0) is 13.9. The summed E-state index contributed by atoms with van der Waals surface area (Å²) in [5.41, 5.74) is -0.290. The van der Waals surface area contributed by atoms with Crippen molar-refractivity contribution in [1.82, 2.24) is 10.2 Å². The normalized spacial score (nSPS) is 18.2. The molecule has 1 amide bonds. The molecule has 2 N–H and O–H groups in total. The van der Waals surface area contributed by atoms with Crippen LogP contribution in [0.15, 0.2) is 0 Å². The highest BCUT2D eigenvalue weighted by Crippen LogP contribution is 2.26. The van der Waals surface area contributed by atoms with Crippen LogP contribution in [-0.2, 0) is 4.79 Å². The van der Waals surface area contributed by atoms with Crippen molar-refractivity contribution in [2.45, 2.75) is 52.7 Å². The van der Waals surface area contributed by atoms with Crippen molar-refractivity contribution < 1.29 is 9.90 Å². The van der Waals surface area contributed by atoms with Crippen LogP contribution in [0, 0.1) is 11.3 Å². The second-order valence-corrected chi connectivity index (χ2v) is 6.60. The van der Waals surface area contributed by atoms with Gasteiger partial charge in [0.25, 0.3) is 0 Å². The lowest BCUT2D eigenvalue weighted by Gasteiger charge is -2.33. The zero-order valence-electron chi connectivity index (χ0n) is 12.4. The zero-order valence-corrected chi connectivity index (χ0v) is 12.4. The first-order valence-corrected chi connectivity index (χ1v) is 6.89. The van der Waals surface area contributed by atoms with Gasteiger partial charge < -0.3 is 10.4 Å². The van der Waals surface area contributed by atoms with Crippen molar-refractivity contribution in [3.8, 4) is 0 Å². The van der Waals surface area contributed by atoms with Gasteiger partial charge in [-0.25, -0.2) is 0 Å². The molecule has 4 heteroatoms. The molecule has 0 heterocycles. The number of hydrogen-bond acceptors (Lipinski definition) is 3. The van der Waals surface area contributed by atoms with E-state index in [0.29, 0.717) is 19.1 Å². The van der Waals surface area contributed by atoms with Crippen LogP contribution < -0.4 is 5.32 Å². The maximum absolute atomic E-state index is 11.8. The van der Waals surface area contributed by atoms with E-state index < -0.39 is 6.10 Å². The number of rotatable bonds is 7. The summed E-state index contributed by atoms with van der Waals surface area (Å²) in [7, 11) is 1.99. The minimum atomic E-state index is -0.404. The smallest absolute Gasteiger partial charge is 0.234 e. The van der Waals surface area contributed by atoms with E-state index in [1.54, 1.807) is 0 Å². The highest BCUT2D eigenvalue weighted by Gasteiger charge is 2.31. The molecule has 0 aromatic heterocycles. The summed E-state index contributed by atoms with van der Waals surface area (Å²) in [5, 5.41) is 13.0. The third-order valence-electron chi connectivity index (χ3n) is 3.74. The van der Waals surface area contributed by atoms with Crippen molar-refractivity contribution in [2.24, 2.45) is 11.3 Å². The molecule has 1 atom stereocenters. The lowest BCUT2D eigenvalue weighted by Crippen LogP contribution is -2.46. The highest BCUT2D eigenvalue weighted by atomic mass is 16.3. The Morgan fingerprint density at radius 3 is 2.44 bits per heavy atom. The fourth-order valence-electron chi connectivity index (χ4n) is 2.26. The van der Waals surface area contributed by atoms with Gasteiger partial charge in [-0.15, -0.1) is 0 Å². The van der Waals surface area contributed by atoms with Crippen molar-refractivity contribution in [1.29, 1.82) is 0 Å². The fraction of sp³-hybridized carbons (Fsp3) is 0.929. The Kier molecular flexibility index (Phi) is 5.17. The van der Waals surface area contributed by atoms with Crippen LogP contribution in [0.3, 0.4) is 0 Å². The predicted molar refractivity (Wildman–Crippen MR) is 73.3 cm³/mol. The van der Waals surface area contributed by atoms with Crippen molar-refractivity contribution in [2.75, 3.05) is 20.1 Å². The van der Waals surface area contributed by atoms with E-state index in [1.807, 2.05) is 34.7 Å². The van der Waals surface area contributed by atoms with E-state index in [4.69, 9.17) is 0 Å². The molecule has 0 aromatic carbocycles. The Morgan fingerprint density at radius 1 is 1.44 bits per heavy atom. The molecule has 18 heavy (non-hydrogen) atoms. The summed E-state index contributed by atoms with van der Waals surface area (Å²) in [5.74, 6) is 0.250. The molecule has 106 valence electrons. The SMILES string of the molecule is CC(C)C(O)C(C)(C)CNC(=O)CN(C)C1CC1. The summed E-state index contributed by atoms with van der Waals surface area (Å²) >= 11 is 0. The average Bonchev–Trinajstić information content (AvgIpc) is 3.09. The van der Waals surface area contributed by atoms with Gasteiger partial charge in [-0.05, 0) is 25.8 Å². The van der Waals surface area contributed by atoms with Gasteiger partial charge in [-0.1, -0.05) is 27.7 Å². The monoisotopic (exact) mass is 256 g/mol. The molecule has 0 saturated heterocycles. The molecule has 1 saturated carbocycles. The van der Waals surface area contributed by atoms with Crippen LogP contribution in [0.2, 0.25) is 0 Å². The van der Waals surface area contributed by atoms with Crippen molar-refractivity contribution in [3.05, 3.63) is 0 Å². The molecule has 1 unspecified atom stereocenters. The van der Waals surface area contributed by atoms with Crippen LogP contribution in [-0.4, -0.2) is 48.2 Å². The fourth-order valence-corrected chi connectivity index (χ4v) is 2.26.